The lowest BCUT2D eigenvalue weighted by Gasteiger charge is -2.29. The van der Waals surface area contributed by atoms with Gasteiger partial charge in [-0.2, -0.15) is 13.2 Å². The van der Waals surface area contributed by atoms with Crippen molar-refractivity contribution in [2.24, 2.45) is 0 Å². The molecule has 1 fully saturated rings. The maximum Gasteiger partial charge on any atom is 0.416 e. The Hall–Kier alpha value is -1.08. The lowest BCUT2D eigenvalue weighted by Crippen LogP contribution is -2.32. The molecule has 1 aromatic rings. The van der Waals surface area contributed by atoms with Gasteiger partial charge in [0.25, 0.3) is 0 Å². The van der Waals surface area contributed by atoms with Crippen molar-refractivity contribution in [3.05, 3.63) is 35.4 Å². The molecule has 1 aliphatic rings. The smallest absolute Gasteiger partial charge is 0.215 e. The fraction of sp³-hybridized carbons (Fsp3) is 0.500. The van der Waals surface area contributed by atoms with Crippen LogP contribution >= 0.6 is 0 Å². The SMILES string of the molecule is O=[SH](=O)N1CCC(c2ccccc2C(F)(F)F)CC1. The standard InChI is InChI=1S/C12H14F3NO2S/c13-12(14,15)11-4-2-1-3-10(11)9-5-7-16(8-6-9)19(17)18/h1-4,9,19H,5-8H2. The van der Waals surface area contributed by atoms with Crippen molar-refractivity contribution in [1.29, 1.82) is 0 Å². The summed E-state index contributed by atoms with van der Waals surface area (Å²) in [6.07, 6.45) is -3.51. The van der Waals surface area contributed by atoms with Gasteiger partial charge in [0.05, 0.1) is 5.56 Å². The first-order valence-corrected chi connectivity index (χ1v) is 7.08. The number of hydrogen-bond acceptors (Lipinski definition) is 2. The lowest BCUT2D eigenvalue weighted by molar-refractivity contribution is -0.138. The Bertz CT molecular complexity index is 512. The monoisotopic (exact) mass is 293 g/mol. The Morgan fingerprint density at radius 3 is 2.21 bits per heavy atom. The summed E-state index contributed by atoms with van der Waals surface area (Å²) in [5.74, 6) is -0.232. The van der Waals surface area contributed by atoms with E-state index in [0.717, 1.165) is 6.07 Å². The Morgan fingerprint density at radius 2 is 1.68 bits per heavy atom. The van der Waals surface area contributed by atoms with Crippen molar-refractivity contribution in [2.75, 3.05) is 13.1 Å². The quantitative estimate of drug-likeness (QED) is 0.850. The highest BCUT2D eigenvalue weighted by molar-refractivity contribution is 7.69. The largest absolute Gasteiger partial charge is 0.416 e. The molecule has 0 aliphatic carbocycles. The predicted octanol–water partition coefficient (Wildman–Crippen LogP) is 2.41. The van der Waals surface area contributed by atoms with Crippen molar-refractivity contribution >= 4 is 10.9 Å². The second-order valence-electron chi connectivity index (χ2n) is 4.55. The molecule has 2 rings (SSSR count). The molecule has 0 aromatic heterocycles. The maximum atomic E-state index is 12.9. The molecule has 19 heavy (non-hydrogen) atoms. The Balaban J connectivity index is 2.20. The first-order valence-electron chi connectivity index (χ1n) is 5.95. The number of rotatable bonds is 2. The van der Waals surface area contributed by atoms with Crippen LogP contribution in [-0.2, 0) is 17.1 Å². The number of benzene rings is 1. The first-order chi connectivity index (χ1) is 8.89. The molecule has 0 unspecified atom stereocenters. The van der Waals surface area contributed by atoms with Gasteiger partial charge in [0.15, 0.2) is 0 Å². The Kier molecular flexibility index (Phi) is 4.15. The van der Waals surface area contributed by atoms with Crippen LogP contribution in [0.2, 0.25) is 0 Å². The van der Waals surface area contributed by atoms with Gasteiger partial charge in [-0.05, 0) is 30.4 Å². The summed E-state index contributed by atoms with van der Waals surface area (Å²) in [5, 5.41) is 0. The van der Waals surface area contributed by atoms with Crippen molar-refractivity contribution in [3.8, 4) is 0 Å². The van der Waals surface area contributed by atoms with E-state index >= 15 is 0 Å². The number of thiol groups is 1. The van der Waals surface area contributed by atoms with Gasteiger partial charge in [-0.3, -0.25) is 0 Å². The van der Waals surface area contributed by atoms with E-state index in [1.807, 2.05) is 0 Å². The molecule has 1 aromatic carbocycles. The number of piperidine rings is 1. The molecule has 0 atom stereocenters. The van der Waals surface area contributed by atoms with Crippen LogP contribution in [0.1, 0.15) is 29.9 Å². The third kappa shape index (κ3) is 3.27. The average Bonchev–Trinajstić information content (AvgIpc) is 2.38. The molecule has 3 nitrogen and oxygen atoms in total. The molecule has 0 amide bonds. The number of halogens is 3. The number of alkyl halides is 3. The minimum Gasteiger partial charge on any atom is -0.215 e. The number of nitrogens with zero attached hydrogens (tertiary/aromatic N) is 1. The van der Waals surface area contributed by atoms with Crippen molar-refractivity contribution in [2.45, 2.75) is 24.9 Å². The zero-order chi connectivity index (χ0) is 14.0. The van der Waals surface area contributed by atoms with E-state index in [2.05, 4.69) is 0 Å². The van der Waals surface area contributed by atoms with Crippen LogP contribution in [-0.4, -0.2) is 25.8 Å². The molecule has 0 saturated carbocycles. The molecule has 1 saturated heterocycles. The Labute approximate surface area is 111 Å². The van der Waals surface area contributed by atoms with Gasteiger partial charge in [0.1, 0.15) is 0 Å². The highest BCUT2D eigenvalue weighted by Crippen LogP contribution is 2.38. The molecule has 0 radical (unpaired) electrons. The molecule has 1 heterocycles. The minimum atomic E-state index is -4.36. The van der Waals surface area contributed by atoms with Gasteiger partial charge in [-0.25, -0.2) is 12.7 Å². The summed E-state index contributed by atoms with van der Waals surface area (Å²) < 4.78 is 61.6. The van der Waals surface area contributed by atoms with Gasteiger partial charge in [0, 0.05) is 13.1 Å². The number of hydrogen-bond donors (Lipinski definition) is 1. The summed E-state index contributed by atoms with van der Waals surface area (Å²) in [5.41, 5.74) is -0.337. The Morgan fingerprint density at radius 1 is 1.11 bits per heavy atom. The van der Waals surface area contributed by atoms with E-state index < -0.39 is 22.6 Å². The highest BCUT2D eigenvalue weighted by atomic mass is 32.2. The zero-order valence-corrected chi connectivity index (χ0v) is 11.0. The third-order valence-corrected chi connectivity index (χ3v) is 4.27. The van der Waals surface area contributed by atoms with Crippen LogP contribution < -0.4 is 0 Å². The molecular formula is C12H14F3NO2S. The van der Waals surface area contributed by atoms with Gasteiger partial charge < -0.3 is 0 Å². The van der Waals surface area contributed by atoms with Gasteiger partial charge in [0.2, 0.25) is 10.9 Å². The van der Waals surface area contributed by atoms with Crippen LogP contribution in [0.5, 0.6) is 0 Å². The van der Waals surface area contributed by atoms with Crippen LogP contribution in [0.25, 0.3) is 0 Å². The predicted molar refractivity (Wildman–Crippen MR) is 65.3 cm³/mol. The summed E-state index contributed by atoms with van der Waals surface area (Å²) >= 11 is 0. The van der Waals surface area contributed by atoms with Crippen LogP contribution in [0.4, 0.5) is 13.2 Å². The van der Waals surface area contributed by atoms with E-state index in [1.165, 1.54) is 16.4 Å². The molecule has 0 bridgehead atoms. The molecule has 106 valence electrons. The zero-order valence-electron chi connectivity index (χ0n) is 10.1. The van der Waals surface area contributed by atoms with Crippen molar-refractivity contribution < 1.29 is 21.6 Å². The van der Waals surface area contributed by atoms with E-state index in [0.29, 0.717) is 12.8 Å². The lowest BCUT2D eigenvalue weighted by atomic mass is 9.87. The van der Waals surface area contributed by atoms with Gasteiger partial charge in [-0.1, -0.05) is 18.2 Å². The van der Waals surface area contributed by atoms with E-state index in [-0.39, 0.29) is 24.6 Å². The normalized spacial score (nSPS) is 18.9. The summed E-state index contributed by atoms with van der Waals surface area (Å²) in [7, 11) is -2.63. The average molecular weight is 293 g/mol. The van der Waals surface area contributed by atoms with Gasteiger partial charge >= 0.3 is 6.18 Å². The second kappa shape index (κ2) is 5.50. The molecule has 1 aliphatic heterocycles. The summed E-state index contributed by atoms with van der Waals surface area (Å²) in [6, 6.07) is 5.52. The van der Waals surface area contributed by atoms with Crippen LogP contribution in [0, 0.1) is 0 Å². The maximum absolute atomic E-state index is 12.9. The van der Waals surface area contributed by atoms with E-state index in [9.17, 15) is 21.6 Å². The summed E-state index contributed by atoms with van der Waals surface area (Å²) in [6.45, 7) is 0.575. The second-order valence-corrected chi connectivity index (χ2v) is 5.59. The van der Waals surface area contributed by atoms with E-state index in [1.54, 1.807) is 6.07 Å². The van der Waals surface area contributed by atoms with Gasteiger partial charge in [-0.15, -0.1) is 0 Å². The fourth-order valence-corrected chi connectivity index (χ4v) is 3.01. The van der Waals surface area contributed by atoms with Crippen molar-refractivity contribution in [3.63, 3.8) is 0 Å². The van der Waals surface area contributed by atoms with E-state index in [4.69, 9.17) is 0 Å². The van der Waals surface area contributed by atoms with Crippen molar-refractivity contribution in [1.82, 2.24) is 4.31 Å². The van der Waals surface area contributed by atoms with Crippen LogP contribution in [0.3, 0.4) is 0 Å². The first kappa shape index (κ1) is 14.3. The topological polar surface area (TPSA) is 37.4 Å². The summed E-state index contributed by atoms with van der Waals surface area (Å²) in [4.78, 5) is 0. The fourth-order valence-electron chi connectivity index (χ4n) is 2.45. The third-order valence-electron chi connectivity index (χ3n) is 3.41. The minimum absolute atomic E-state index is 0.232. The molecular weight excluding hydrogens is 279 g/mol. The molecule has 7 heteroatoms. The van der Waals surface area contributed by atoms with Crippen LogP contribution in [0.15, 0.2) is 24.3 Å². The molecule has 0 spiro atoms. The molecule has 0 N–H and O–H groups in total. The highest BCUT2D eigenvalue weighted by Gasteiger charge is 2.35.